The van der Waals surface area contributed by atoms with Crippen LogP contribution in [0.2, 0.25) is 5.02 Å². The van der Waals surface area contributed by atoms with Gasteiger partial charge in [0.1, 0.15) is 10.7 Å². The zero-order valence-electron chi connectivity index (χ0n) is 10.4. The number of aliphatic hydroxyl groups is 1. The van der Waals surface area contributed by atoms with Gasteiger partial charge >= 0.3 is 0 Å². The van der Waals surface area contributed by atoms with Crippen LogP contribution in [0.4, 0.5) is 4.39 Å². The maximum Gasteiger partial charge on any atom is 0.246 e. The molecule has 0 spiro atoms. The fourth-order valence-electron chi connectivity index (χ4n) is 2.23. The van der Waals surface area contributed by atoms with E-state index in [1.807, 2.05) is 6.92 Å². The molecule has 1 N–H and O–H groups in total. The lowest BCUT2D eigenvalue weighted by Gasteiger charge is -2.45. The average molecular weight is 308 g/mol. The topological polar surface area (TPSA) is 57.6 Å². The zero-order chi connectivity index (χ0) is 14.3. The van der Waals surface area contributed by atoms with Gasteiger partial charge in [0.25, 0.3) is 0 Å². The van der Waals surface area contributed by atoms with Crippen molar-refractivity contribution in [1.29, 1.82) is 0 Å². The first kappa shape index (κ1) is 14.7. The van der Waals surface area contributed by atoms with E-state index in [0.29, 0.717) is 6.42 Å². The van der Waals surface area contributed by atoms with Gasteiger partial charge in [0.05, 0.1) is 5.60 Å². The van der Waals surface area contributed by atoms with Gasteiger partial charge in [0, 0.05) is 18.1 Å². The smallest absolute Gasteiger partial charge is 0.246 e. The van der Waals surface area contributed by atoms with Crippen LogP contribution in [-0.4, -0.2) is 36.5 Å². The molecule has 0 saturated carbocycles. The Morgan fingerprint density at radius 2 is 2.11 bits per heavy atom. The van der Waals surface area contributed by atoms with Crippen LogP contribution in [0.5, 0.6) is 0 Å². The predicted molar refractivity (Wildman–Crippen MR) is 70.0 cm³/mol. The molecule has 19 heavy (non-hydrogen) atoms. The number of benzene rings is 1. The van der Waals surface area contributed by atoms with Crippen LogP contribution in [0.3, 0.4) is 0 Å². The summed E-state index contributed by atoms with van der Waals surface area (Å²) >= 11 is 5.59. The number of nitrogens with zero attached hydrogens (tertiary/aromatic N) is 1. The second kappa shape index (κ2) is 5.01. The number of hydrogen-bond acceptors (Lipinski definition) is 3. The fraction of sp³-hybridized carbons (Fsp3) is 0.500. The van der Waals surface area contributed by atoms with E-state index >= 15 is 0 Å². The Labute approximate surface area is 116 Å². The molecule has 0 amide bonds. The van der Waals surface area contributed by atoms with Crippen molar-refractivity contribution in [3.8, 4) is 0 Å². The summed E-state index contributed by atoms with van der Waals surface area (Å²) in [5.41, 5.74) is -0.981. The van der Waals surface area contributed by atoms with Crippen molar-refractivity contribution in [2.24, 2.45) is 0 Å². The van der Waals surface area contributed by atoms with E-state index in [1.165, 1.54) is 6.07 Å². The minimum absolute atomic E-state index is 0.00520. The van der Waals surface area contributed by atoms with Crippen molar-refractivity contribution in [2.45, 2.75) is 30.3 Å². The van der Waals surface area contributed by atoms with Crippen LogP contribution >= 0.6 is 11.6 Å². The van der Waals surface area contributed by atoms with Crippen molar-refractivity contribution >= 4 is 21.6 Å². The van der Waals surface area contributed by atoms with E-state index in [1.54, 1.807) is 0 Å². The van der Waals surface area contributed by atoms with Crippen LogP contribution in [0, 0.1) is 5.82 Å². The van der Waals surface area contributed by atoms with Gasteiger partial charge in [0.15, 0.2) is 0 Å². The van der Waals surface area contributed by atoms with Gasteiger partial charge in [-0.1, -0.05) is 24.9 Å². The van der Waals surface area contributed by atoms with Crippen molar-refractivity contribution in [1.82, 2.24) is 4.31 Å². The van der Waals surface area contributed by atoms with Crippen molar-refractivity contribution in [2.75, 3.05) is 13.1 Å². The van der Waals surface area contributed by atoms with E-state index in [2.05, 4.69) is 0 Å². The third-order valence-corrected chi connectivity index (χ3v) is 5.23. The standard InChI is InChI=1S/C12H15ClFNO3S/c1-2-5-12(16)7-15(8-12)19(17,18)11-4-3-9(13)6-10(11)14/h3-4,6,16H,2,5,7-8H2,1H3. The van der Waals surface area contributed by atoms with Crippen molar-refractivity contribution in [3.05, 3.63) is 29.0 Å². The van der Waals surface area contributed by atoms with E-state index in [4.69, 9.17) is 11.6 Å². The Morgan fingerprint density at radius 3 is 2.63 bits per heavy atom. The normalized spacial score (nSPS) is 19.2. The van der Waals surface area contributed by atoms with Crippen LogP contribution in [-0.2, 0) is 10.0 Å². The summed E-state index contributed by atoms with van der Waals surface area (Å²) in [7, 11) is -3.90. The third-order valence-electron chi connectivity index (χ3n) is 3.17. The molecule has 7 heteroatoms. The Hall–Kier alpha value is -0.690. The van der Waals surface area contributed by atoms with Crippen molar-refractivity contribution in [3.63, 3.8) is 0 Å². The lowest BCUT2D eigenvalue weighted by atomic mass is 9.92. The third kappa shape index (κ3) is 2.76. The first-order chi connectivity index (χ1) is 8.78. The first-order valence-corrected chi connectivity index (χ1v) is 7.78. The maximum atomic E-state index is 13.7. The Bertz CT molecular complexity index is 585. The van der Waals surface area contributed by atoms with E-state index < -0.39 is 26.3 Å². The van der Waals surface area contributed by atoms with Gasteiger partial charge in [-0.05, 0) is 24.6 Å². The molecule has 1 aliphatic heterocycles. The molecule has 2 rings (SSSR count). The zero-order valence-corrected chi connectivity index (χ0v) is 12.0. The summed E-state index contributed by atoms with van der Waals surface area (Å²) in [6.45, 7) is 1.92. The summed E-state index contributed by atoms with van der Waals surface area (Å²) in [4.78, 5) is -0.407. The highest BCUT2D eigenvalue weighted by Gasteiger charge is 2.47. The molecule has 0 atom stereocenters. The summed E-state index contributed by atoms with van der Waals surface area (Å²) in [6.07, 6.45) is 1.29. The number of rotatable bonds is 4. The molecule has 1 aromatic rings. The quantitative estimate of drug-likeness (QED) is 0.926. The molecule has 1 heterocycles. The van der Waals surface area contributed by atoms with Gasteiger partial charge in [-0.3, -0.25) is 0 Å². The highest BCUT2D eigenvalue weighted by Crippen LogP contribution is 2.32. The lowest BCUT2D eigenvalue weighted by molar-refractivity contribution is -0.0654. The number of β-amino-alcohol motifs (C(OH)–C–C–N with tert-alkyl or cyclic N) is 1. The summed E-state index contributed by atoms with van der Waals surface area (Å²) in [6, 6.07) is 3.44. The average Bonchev–Trinajstić information content (AvgIpc) is 2.25. The molecule has 1 fully saturated rings. The molecule has 0 radical (unpaired) electrons. The minimum Gasteiger partial charge on any atom is -0.387 e. The molecule has 1 aliphatic rings. The van der Waals surface area contributed by atoms with Gasteiger partial charge < -0.3 is 5.11 Å². The molecule has 106 valence electrons. The monoisotopic (exact) mass is 307 g/mol. The molecule has 0 aliphatic carbocycles. The van der Waals surface area contributed by atoms with Crippen molar-refractivity contribution < 1.29 is 17.9 Å². The second-order valence-corrected chi connectivity index (χ2v) is 7.16. The fourth-order valence-corrected chi connectivity index (χ4v) is 4.03. The van der Waals surface area contributed by atoms with Gasteiger partial charge in [-0.15, -0.1) is 0 Å². The Balaban J connectivity index is 2.21. The van der Waals surface area contributed by atoms with E-state index in [9.17, 15) is 17.9 Å². The number of halogens is 2. The van der Waals surface area contributed by atoms with Gasteiger partial charge in [-0.25, -0.2) is 12.8 Å². The summed E-state index contributed by atoms with van der Waals surface area (Å²) in [5.74, 6) is -0.876. The largest absolute Gasteiger partial charge is 0.387 e. The second-order valence-electron chi connectivity index (χ2n) is 4.82. The minimum atomic E-state index is -3.90. The first-order valence-electron chi connectivity index (χ1n) is 5.96. The van der Waals surface area contributed by atoms with Crippen LogP contribution < -0.4 is 0 Å². The van der Waals surface area contributed by atoms with Gasteiger partial charge in [-0.2, -0.15) is 4.31 Å². The maximum absolute atomic E-state index is 13.7. The van der Waals surface area contributed by atoms with Crippen LogP contribution in [0.1, 0.15) is 19.8 Å². The molecule has 0 aromatic heterocycles. The van der Waals surface area contributed by atoms with Crippen LogP contribution in [0.25, 0.3) is 0 Å². The van der Waals surface area contributed by atoms with Crippen LogP contribution in [0.15, 0.2) is 23.1 Å². The molecular formula is C12H15ClFNO3S. The molecule has 0 unspecified atom stereocenters. The lowest BCUT2D eigenvalue weighted by Crippen LogP contribution is -2.63. The Morgan fingerprint density at radius 1 is 1.47 bits per heavy atom. The molecular weight excluding hydrogens is 293 g/mol. The van der Waals surface area contributed by atoms with E-state index in [-0.39, 0.29) is 18.1 Å². The SMILES string of the molecule is CCCC1(O)CN(S(=O)(=O)c2ccc(Cl)cc2F)C1. The highest BCUT2D eigenvalue weighted by atomic mass is 35.5. The molecule has 0 bridgehead atoms. The number of hydrogen-bond donors (Lipinski definition) is 1. The summed E-state index contributed by atoms with van der Waals surface area (Å²) < 4.78 is 39.1. The summed E-state index contributed by atoms with van der Waals surface area (Å²) in [5, 5.41) is 10.1. The Kier molecular flexibility index (Phi) is 3.88. The van der Waals surface area contributed by atoms with E-state index in [0.717, 1.165) is 22.9 Å². The van der Waals surface area contributed by atoms with Gasteiger partial charge in [0.2, 0.25) is 10.0 Å². The highest BCUT2D eigenvalue weighted by molar-refractivity contribution is 7.89. The molecule has 1 saturated heterocycles. The predicted octanol–water partition coefficient (Wildman–Crippen LogP) is 2.01. The molecule has 4 nitrogen and oxygen atoms in total. The molecule has 1 aromatic carbocycles. The number of sulfonamides is 1.